The van der Waals surface area contributed by atoms with Crippen LogP contribution in [0.5, 0.6) is 0 Å². The summed E-state index contributed by atoms with van der Waals surface area (Å²) in [5, 5.41) is 11.0. The van der Waals surface area contributed by atoms with Gasteiger partial charge in [0.1, 0.15) is 28.9 Å². The molecule has 5 rings (SSSR count). The summed E-state index contributed by atoms with van der Waals surface area (Å²) in [7, 11) is 0. The number of allylic oxidation sites excluding steroid dienone is 7. The van der Waals surface area contributed by atoms with E-state index in [0.29, 0.717) is 45.3 Å². The Kier molecular flexibility index (Phi) is 7.35. The van der Waals surface area contributed by atoms with E-state index in [1.54, 1.807) is 48.6 Å². The van der Waals surface area contributed by atoms with Crippen molar-refractivity contribution in [1.82, 2.24) is 0 Å². The smallest absolute Gasteiger partial charge is 0.360 e. The van der Waals surface area contributed by atoms with Crippen LogP contribution in [0.25, 0.3) is 23.2 Å². The van der Waals surface area contributed by atoms with Gasteiger partial charge in [-0.3, -0.25) is 4.79 Å². The molecule has 0 saturated heterocycles. The molecule has 1 aliphatic carbocycles. The minimum absolute atomic E-state index is 0.108. The van der Waals surface area contributed by atoms with Crippen LogP contribution in [0.3, 0.4) is 0 Å². The van der Waals surface area contributed by atoms with Crippen LogP contribution in [-0.4, -0.2) is 10.9 Å². The van der Waals surface area contributed by atoms with Gasteiger partial charge in [-0.15, -0.1) is 0 Å². The Balaban J connectivity index is 1.54. The second-order valence-corrected chi connectivity index (χ2v) is 12.5. The zero-order chi connectivity index (χ0) is 30.4. The summed E-state index contributed by atoms with van der Waals surface area (Å²) in [4.78, 5) is 13.3. The molecule has 0 unspecified atom stereocenters. The molecular weight excluding hydrogens is 534 g/mol. The van der Waals surface area contributed by atoms with Gasteiger partial charge in [0, 0.05) is 17.0 Å². The molecule has 2 aromatic carbocycles. The van der Waals surface area contributed by atoms with E-state index >= 15 is 0 Å². The zero-order valence-electron chi connectivity index (χ0n) is 24.5. The lowest BCUT2D eigenvalue weighted by Crippen LogP contribution is -2.21. The number of ketones is 1. The first kappa shape index (κ1) is 28.9. The number of ether oxygens (including phenoxy) is 1. The highest BCUT2D eigenvalue weighted by molar-refractivity contribution is 6.23. The Morgan fingerprint density at radius 1 is 0.786 bits per heavy atom. The van der Waals surface area contributed by atoms with Crippen molar-refractivity contribution < 1.29 is 27.8 Å². The quantitative estimate of drug-likeness (QED) is 0.252. The standard InChI is InChI=1S/C36H32F2O4/c1-35(2,3)31-19-21(17-29(41-31)23-7-11-25(37)12-8-23)15-27-33(39)28(34(27)40)16-22-18-30(24-9-13-26(38)14-10-24)42-32(20-22)36(4,5)6/h7-20H,1-6H3/p+1. The molecule has 2 aliphatic rings. The van der Waals surface area contributed by atoms with Gasteiger partial charge >= 0.3 is 11.5 Å². The Bertz CT molecular complexity index is 1720. The molecule has 214 valence electrons. The summed E-state index contributed by atoms with van der Waals surface area (Å²) in [5.74, 6) is 1.29. The Morgan fingerprint density at radius 3 is 1.93 bits per heavy atom. The molecular formula is C36H33F2O4+. The first-order chi connectivity index (χ1) is 19.7. The number of aliphatic hydroxyl groups excluding tert-OH is 1. The summed E-state index contributed by atoms with van der Waals surface area (Å²) >= 11 is 0. The number of rotatable bonds is 4. The molecule has 0 saturated carbocycles. The second kappa shape index (κ2) is 10.7. The van der Waals surface area contributed by atoms with Crippen molar-refractivity contribution in [3.63, 3.8) is 0 Å². The summed E-state index contributed by atoms with van der Waals surface area (Å²) in [6.07, 6.45) is 6.88. The predicted octanol–water partition coefficient (Wildman–Crippen LogP) is 9.51. The fourth-order valence-corrected chi connectivity index (χ4v) is 4.51. The van der Waals surface area contributed by atoms with Crippen molar-refractivity contribution in [1.29, 1.82) is 0 Å². The maximum absolute atomic E-state index is 13.5. The normalized spacial score (nSPS) is 17.7. The number of hydrogen-bond donors (Lipinski definition) is 1. The molecule has 6 heteroatoms. The number of carbonyl (C=O) groups is 1. The number of benzene rings is 2. The van der Waals surface area contributed by atoms with Crippen LogP contribution in [0.15, 0.2) is 112 Å². The SMILES string of the molecule is CC(C)(C)C1=CC(=CC2=C(O)C(=Cc3cc(-c4ccc(F)cc4)[o+]c(C(C)(C)C)c3)C2=O)C=C(c2ccc(F)cc2)O1. The van der Waals surface area contributed by atoms with Crippen LogP contribution in [0.1, 0.15) is 58.4 Å². The Labute approximate surface area is 244 Å². The van der Waals surface area contributed by atoms with Crippen LogP contribution in [0.4, 0.5) is 8.78 Å². The van der Waals surface area contributed by atoms with E-state index in [-0.39, 0.29) is 45.2 Å². The number of halogens is 2. The van der Waals surface area contributed by atoms with Gasteiger partial charge in [-0.05, 0) is 105 Å². The van der Waals surface area contributed by atoms with Gasteiger partial charge in [-0.25, -0.2) is 13.2 Å². The molecule has 3 aromatic rings. The highest BCUT2D eigenvalue weighted by atomic mass is 19.1. The van der Waals surface area contributed by atoms with E-state index in [9.17, 15) is 18.7 Å². The molecule has 0 radical (unpaired) electrons. The third-order valence-electron chi connectivity index (χ3n) is 6.99. The van der Waals surface area contributed by atoms with Gasteiger partial charge in [0.25, 0.3) is 0 Å². The van der Waals surface area contributed by atoms with E-state index < -0.39 is 0 Å². The van der Waals surface area contributed by atoms with Gasteiger partial charge in [0.2, 0.25) is 5.78 Å². The lowest BCUT2D eigenvalue weighted by atomic mass is 9.84. The molecule has 0 amide bonds. The Morgan fingerprint density at radius 2 is 1.38 bits per heavy atom. The lowest BCUT2D eigenvalue weighted by Gasteiger charge is -2.28. The highest BCUT2D eigenvalue weighted by Crippen LogP contribution is 2.39. The maximum Gasteiger partial charge on any atom is 0.360 e. The van der Waals surface area contributed by atoms with E-state index in [2.05, 4.69) is 0 Å². The van der Waals surface area contributed by atoms with E-state index in [0.717, 1.165) is 0 Å². The topological polar surface area (TPSA) is 57.8 Å². The summed E-state index contributed by atoms with van der Waals surface area (Å²) < 4.78 is 39.3. The van der Waals surface area contributed by atoms with Gasteiger partial charge in [-0.2, -0.15) is 0 Å². The van der Waals surface area contributed by atoms with Gasteiger partial charge < -0.3 is 9.84 Å². The molecule has 42 heavy (non-hydrogen) atoms. The Hall–Kier alpha value is -4.58. The maximum atomic E-state index is 13.5. The van der Waals surface area contributed by atoms with Crippen LogP contribution < -0.4 is 0 Å². The largest absolute Gasteiger partial charge is 0.506 e. The van der Waals surface area contributed by atoms with E-state index in [1.807, 2.05) is 53.7 Å². The zero-order valence-corrected chi connectivity index (χ0v) is 24.5. The van der Waals surface area contributed by atoms with Gasteiger partial charge in [0.05, 0.1) is 28.2 Å². The van der Waals surface area contributed by atoms with Crippen molar-refractivity contribution in [2.45, 2.75) is 47.0 Å². The number of aliphatic hydroxyl groups is 1. The van der Waals surface area contributed by atoms with Crippen LogP contribution >= 0.6 is 0 Å². The third-order valence-corrected chi connectivity index (χ3v) is 6.99. The minimum Gasteiger partial charge on any atom is -0.506 e. The highest BCUT2D eigenvalue weighted by Gasteiger charge is 2.34. The number of hydrogen-bond acceptors (Lipinski definition) is 3. The van der Waals surface area contributed by atoms with Crippen molar-refractivity contribution in [2.75, 3.05) is 0 Å². The molecule has 1 aromatic heterocycles. The molecule has 1 aliphatic heterocycles. The van der Waals surface area contributed by atoms with Gasteiger partial charge in [-0.1, -0.05) is 20.8 Å². The average molecular weight is 568 g/mol. The second-order valence-electron chi connectivity index (χ2n) is 12.5. The summed E-state index contributed by atoms with van der Waals surface area (Å²) in [6.45, 7) is 12.0. The molecule has 0 spiro atoms. The minimum atomic E-state index is -0.349. The summed E-state index contributed by atoms with van der Waals surface area (Å²) in [6, 6.07) is 15.6. The third kappa shape index (κ3) is 6.03. The van der Waals surface area contributed by atoms with Crippen LogP contribution in [-0.2, 0) is 14.9 Å². The monoisotopic (exact) mass is 567 g/mol. The fraction of sp³-hybridized carbons (Fsp3) is 0.222. The first-order valence-corrected chi connectivity index (χ1v) is 13.7. The number of Topliss-reactive ketones (excluding diaryl/α,β-unsaturated/α-hetero) is 1. The lowest BCUT2D eigenvalue weighted by molar-refractivity contribution is -0.113. The van der Waals surface area contributed by atoms with Crippen LogP contribution in [0.2, 0.25) is 0 Å². The molecule has 2 heterocycles. The van der Waals surface area contributed by atoms with Crippen molar-refractivity contribution in [2.24, 2.45) is 5.41 Å². The first-order valence-electron chi connectivity index (χ1n) is 13.7. The van der Waals surface area contributed by atoms with E-state index in [4.69, 9.17) is 9.15 Å². The molecule has 1 N–H and O–H groups in total. The van der Waals surface area contributed by atoms with Crippen molar-refractivity contribution >= 4 is 17.6 Å². The van der Waals surface area contributed by atoms with E-state index in [1.165, 1.54) is 24.3 Å². The van der Waals surface area contributed by atoms with Gasteiger partial charge in [0.15, 0.2) is 0 Å². The molecule has 0 bridgehead atoms. The molecule has 0 atom stereocenters. The molecule has 4 nitrogen and oxygen atoms in total. The van der Waals surface area contributed by atoms with Crippen molar-refractivity contribution in [3.05, 3.63) is 136 Å². The fourth-order valence-electron chi connectivity index (χ4n) is 4.51. The summed E-state index contributed by atoms with van der Waals surface area (Å²) in [5.41, 5.74) is 2.43. The molecule has 0 fully saturated rings. The number of carbonyl (C=O) groups excluding carboxylic acids is 1. The van der Waals surface area contributed by atoms with Crippen LogP contribution in [0, 0.1) is 17.0 Å². The van der Waals surface area contributed by atoms with Crippen molar-refractivity contribution in [3.8, 4) is 11.3 Å². The average Bonchev–Trinajstić information content (AvgIpc) is 2.94. The predicted molar refractivity (Wildman–Crippen MR) is 161 cm³/mol.